The van der Waals surface area contributed by atoms with Gasteiger partial charge in [0.05, 0.1) is 11.5 Å². The van der Waals surface area contributed by atoms with Gasteiger partial charge in [-0.1, -0.05) is 0 Å². The number of carbonyl (C=O) groups is 1. The second kappa shape index (κ2) is 4.00. The number of hydrogen-bond acceptors (Lipinski definition) is 3. The van der Waals surface area contributed by atoms with Crippen molar-refractivity contribution in [1.29, 1.82) is 0 Å². The Labute approximate surface area is 83.5 Å². The maximum atomic E-state index is 11.2. The first-order chi connectivity index (χ1) is 6.39. The van der Waals surface area contributed by atoms with Gasteiger partial charge < -0.3 is 10.6 Å². The molecule has 0 spiro atoms. The van der Waals surface area contributed by atoms with Crippen molar-refractivity contribution < 1.29 is 13.2 Å². The van der Waals surface area contributed by atoms with Crippen LogP contribution in [-0.2, 0) is 9.84 Å². The summed E-state index contributed by atoms with van der Waals surface area (Å²) in [7, 11) is -3.00. The monoisotopic (exact) mass is 218 g/mol. The molecule has 6 heteroatoms. The normalized spacial score (nSPS) is 19.2. The Bertz CT molecular complexity index is 357. The van der Waals surface area contributed by atoms with Crippen LogP contribution < -0.4 is 10.6 Å². The Morgan fingerprint density at radius 2 is 2.14 bits per heavy atom. The van der Waals surface area contributed by atoms with Gasteiger partial charge in [-0.3, -0.25) is 0 Å². The molecule has 0 radical (unpaired) electrons. The van der Waals surface area contributed by atoms with Gasteiger partial charge in [0, 0.05) is 11.7 Å². The Hall–Kier alpha value is -1.04. The van der Waals surface area contributed by atoms with E-state index in [-0.39, 0.29) is 23.6 Å². The maximum absolute atomic E-state index is 11.2. The van der Waals surface area contributed by atoms with Crippen LogP contribution >= 0.6 is 0 Å². The van der Waals surface area contributed by atoms with Gasteiger partial charge in [-0.15, -0.1) is 0 Å². The van der Waals surface area contributed by atoms with E-state index in [1.807, 2.05) is 13.8 Å². The lowest BCUT2D eigenvalue weighted by molar-refractivity contribution is 0.241. The summed E-state index contributed by atoms with van der Waals surface area (Å²) in [6, 6.07) is -0.322. The van der Waals surface area contributed by atoms with Crippen LogP contribution in [0.15, 0.2) is 11.8 Å². The Morgan fingerprint density at radius 1 is 1.50 bits per heavy atom. The second-order valence-corrected chi connectivity index (χ2v) is 5.65. The SMILES string of the molecule is CC(C)NC(=O)NC1=CCS(=O)(=O)C1. The van der Waals surface area contributed by atoms with Gasteiger partial charge in [-0.05, 0) is 19.9 Å². The number of hydrogen-bond donors (Lipinski definition) is 2. The molecule has 5 nitrogen and oxygen atoms in total. The number of urea groups is 1. The highest BCUT2D eigenvalue weighted by atomic mass is 32.2. The lowest BCUT2D eigenvalue weighted by Gasteiger charge is -2.09. The highest BCUT2D eigenvalue weighted by Crippen LogP contribution is 2.07. The molecule has 1 heterocycles. The third-order valence-electron chi connectivity index (χ3n) is 1.65. The molecule has 0 atom stereocenters. The van der Waals surface area contributed by atoms with E-state index in [0.29, 0.717) is 5.70 Å². The zero-order chi connectivity index (χ0) is 10.8. The van der Waals surface area contributed by atoms with Crippen LogP contribution in [0.3, 0.4) is 0 Å². The van der Waals surface area contributed by atoms with Crippen molar-refractivity contribution in [1.82, 2.24) is 10.6 Å². The molecule has 0 saturated carbocycles. The van der Waals surface area contributed by atoms with E-state index in [2.05, 4.69) is 10.6 Å². The van der Waals surface area contributed by atoms with Crippen LogP contribution in [0.25, 0.3) is 0 Å². The van der Waals surface area contributed by atoms with Crippen molar-refractivity contribution in [3.05, 3.63) is 11.8 Å². The van der Waals surface area contributed by atoms with Crippen LogP contribution in [0.2, 0.25) is 0 Å². The number of rotatable bonds is 2. The van der Waals surface area contributed by atoms with Crippen LogP contribution in [0, 0.1) is 0 Å². The number of nitrogens with one attached hydrogen (secondary N) is 2. The summed E-state index contributed by atoms with van der Waals surface area (Å²) < 4.78 is 22.0. The lowest BCUT2D eigenvalue weighted by atomic mass is 10.4. The fourth-order valence-electron chi connectivity index (χ4n) is 1.11. The highest BCUT2D eigenvalue weighted by molar-refractivity contribution is 7.92. The predicted molar refractivity (Wildman–Crippen MR) is 53.5 cm³/mol. The molecule has 0 aromatic rings. The summed E-state index contributed by atoms with van der Waals surface area (Å²) in [5, 5.41) is 5.11. The first-order valence-electron chi connectivity index (χ1n) is 4.36. The van der Waals surface area contributed by atoms with Crippen molar-refractivity contribution in [2.75, 3.05) is 11.5 Å². The molecule has 0 aromatic carbocycles. The molecule has 0 saturated heterocycles. The molecule has 0 fully saturated rings. The van der Waals surface area contributed by atoms with Crippen LogP contribution in [0.4, 0.5) is 4.79 Å². The van der Waals surface area contributed by atoms with Crippen LogP contribution in [0.5, 0.6) is 0 Å². The summed E-state index contributed by atoms with van der Waals surface area (Å²) in [5.74, 6) is -0.0528. The summed E-state index contributed by atoms with van der Waals surface area (Å²) in [6.07, 6.45) is 1.52. The third kappa shape index (κ3) is 3.37. The van der Waals surface area contributed by atoms with Gasteiger partial charge in [0.15, 0.2) is 9.84 Å². The Kier molecular flexibility index (Phi) is 3.15. The first kappa shape index (κ1) is 11.0. The van der Waals surface area contributed by atoms with Gasteiger partial charge >= 0.3 is 6.03 Å². The van der Waals surface area contributed by atoms with Gasteiger partial charge in [-0.25, -0.2) is 13.2 Å². The fraction of sp³-hybridized carbons (Fsp3) is 0.625. The molecule has 0 aliphatic carbocycles. The quantitative estimate of drug-likeness (QED) is 0.685. The second-order valence-electron chi connectivity index (χ2n) is 3.54. The largest absolute Gasteiger partial charge is 0.336 e. The van der Waals surface area contributed by atoms with Crippen LogP contribution in [-0.4, -0.2) is 32.0 Å². The van der Waals surface area contributed by atoms with Crippen molar-refractivity contribution >= 4 is 15.9 Å². The standard InChI is InChI=1S/C8H14N2O3S/c1-6(2)9-8(11)10-7-3-4-14(12,13)5-7/h3,6H,4-5H2,1-2H3,(H2,9,10,11). The summed E-state index contributed by atoms with van der Waals surface area (Å²) >= 11 is 0. The lowest BCUT2D eigenvalue weighted by Crippen LogP contribution is -2.39. The topological polar surface area (TPSA) is 75.3 Å². The molecule has 2 amide bonds. The highest BCUT2D eigenvalue weighted by Gasteiger charge is 2.20. The molecule has 0 aromatic heterocycles. The zero-order valence-corrected chi connectivity index (χ0v) is 9.02. The Balaban J connectivity index is 2.44. The average molecular weight is 218 g/mol. The van der Waals surface area contributed by atoms with Crippen molar-refractivity contribution in [3.8, 4) is 0 Å². The van der Waals surface area contributed by atoms with E-state index in [1.54, 1.807) is 0 Å². The third-order valence-corrected chi connectivity index (χ3v) is 3.08. The molecule has 1 rings (SSSR count). The summed E-state index contributed by atoms with van der Waals surface area (Å²) in [6.45, 7) is 3.67. The maximum Gasteiger partial charge on any atom is 0.319 e. The molecular weight excluding hydrogens is 204 g/mol. The van der Waals surface area contributed by atoms with E-state index in [4.69, 9.17) is 0 Å². The van der Waals surface area contributed by atoms with Crippen LogP contribution in [0.1, 0.15) is 13.8 Å². The molecule has 80 valence electrons. The molecule has 0 unspecified atom stereocenters. The summed E-state index contributed by atoms with van der Waals surface area (Å²) in [4.78, 5) is 11.2. The van der Waals surface area contributed by atoms with E-state index in [9.17, 15) is 13.2 Å². The zero-order valence-electron chi connectivity index (χ0n) is 8.20. The smallest absolute Gasteiger partial charge is 0.319 e. The molecule has 0 bridgehead atoms. The minimum absolute atomic E-state index is 0.0181. The van der Waals surface area contributed by atoms with E-state index in [1.165, 1.54) is 6.08 Å². The van der Waals surface area contributed by atoms with E-state index >= 15 is 0 Å². The fourth-order valence-corrected chi connectivity index (χ4v) is 2.35. The molecule has 1 aliphatic heterocycles. The molecule has 2 N–H and O–H groups in total. The number of carbonyl (C=O) groups excluding carboxylic acids is 1. The van der Waals surface area contributed by atoms with E-state index in [0.717, 1.165) is 0 Å². The minimum Gasteiger partial charge on any atom is -0.336 e. The van der Waals surface area contributed by atoms with Gasteiger partial charge in [0.2, 0.25) is 0 Å². The first-order valence-corrected chi connectivity index (χ1v) is 6.18. The predicted octanol–water partition coefficient (Wildman–Crippen LogP) is 0.00630. The molecule has 1 aliphatic rings. The van der Waals surface area contributed by atoms with Crippen molar-refractivity contribution in [2.45, 2.75) is 19.9 Å². The van der Waals surface area contributed by atoms with Gasteiger partial charge in [0.25, 0.3) is 0 Å². The summed E-state index contributed by atoms with van der Waals surface area (Å²) in [5.41, 5.74) is 0.461. The Morgan fingerprint density at radius 3 is 2.57 bits per heavy atom. The number of sulfone groups is 1. The van der Waals surface area contributed by atoms with Crippen molar-refractivity contribution in [2.24, 2.45) is 0 Å². The van der Waals surface area contributed by atoms with Gasteiger partial charge in [0.1, 0.15) is 0 Å². The number of amides is 2. The average Bonchev–Trinajstić information content (AvgIpc) is 2.27. The van der Waals surface area contributed by atoms with Gasteiger partial charge in [-0.2, -0.15) is 0 Å². The molecule has 14 heavy (non-hydrogen) atoms. The van der Waals surface area contributed by atoms with E-state index < -0.39 is 9.84 Å². The molecular formula is C8H14N2O3S. The minimum atomic E-state index is -3.00. The van der Waals surface area contributed by atoms with Crippen molar-refractivity contribution in [3.63, 3.8) is 0 Å².